The number of methoxy groups -OCH3 is 1. The van der Waals surface area contributed by atoms with Crippen molar-refractivity contribution in [3.05, 3.63) is 57.6 Å². The molecular formula is C35H49Cl2N5O3. The second-order valence-electron chi connectivity index (χ2n) is 13.2. The zero-order valence-corrected chi connectivity index (χ0v) is 28.3. The number of piperidine rings is 3. The van der Waals surface area contributed by atoms with E-state index in [9.17, 15) is 9.59 Å². The van der Waals surface area contributed by atoms with Gasteiger partial charge in [0, 0.05) is 36.7 Å². The number of amides is 2. The number of carbonyl (C=O) groups excluding carboxylic acids is 2. The SMILES string of the molecule is CNC(=O)NCC1CCN(Cc2cc(CN3CCC(C4CCN(CC(=O)OC)CC4)CC3)cc(-c3cc(Cl)cc(Cl)c3)c2)CC1. The molecule has 2 amide bonds. The molecule has 0 radical (unpaired) electrons. The number of ether oxygens (including phenoxy) is 1. The first-order valence-electron chi connectivity index (χ1n) is 16.6. The molecule has 2 aromatic rings. The van der Waals surface area contributed by atoms with Crippen LogP contribution in [0.25, 0.3) is 11.1 Å². The van der Waals surface area contributed by atoms with Crippen LogP contribution in [0.2, 0.25) is 10.0 Å². The molecule has 0 bridgehead atoms. The minimum atomic E-state index is -0.135. The number of hydrogen-bond acceptors (Lipinski definition) is 6. The van der Waals surface area contributed by atoms with Gasteiger partial charge in [-0.25, -0.2) is 4.79 Å². The Balaban J connectivity index is 1.19. The molecule has 2 N–H and O–H groups in total. The van der Waals surface area contributed by atoms with Crippen molar-refractivity contribution in [1.29, 1.82) is 0 Å². The van der Waals surface area contributed by atoms with Crippen molar-refractivity contribution >= 4 is 35.2 Å². The third-order valence-corrected chi connectivity index (χ3v) is 10.5. The Morgan fingerprint density at radius 3 is 1.73 bits per heavy atom. The summed E-state index contributed by atoms with van der Waals surface area (Å²) in [5, 5.41) is 6.90. The number of urea groups is 1. The summed E-state index contributed by atoms with van der Waals surface area (Å²) in [6.07, 6.45) is 7.00. The van der Waals surface area contributed by atoms with Crippen molar-refractivity contribution < 1.29 is 14.3 Å². The Morgan fingerprint density at radius 1 is 0.733 bits per heavy atom. The van der Waals surface area contributed by atoms with E-state index in [-0.39, 0.29) is 12.0 Å². The first kappa shape index (κ1) is 34.0. The molecule has 10 heteroatoms. The lowest BCUT2D eigenvalue weighted by Gasteiger charge is -2.40. The van der Waals surface area contributed by atoms with Crippen LogP contribution in [0.4, 0.5) is 4.79 Å². The lowest BCUT2D eigenvalue weighted by Crippen LogP contribution is -2.42. The smallest absolute Gasteiger partial charge is 0.319 e. The topological polar surface area (TPSA) is 77.2 Å². The van der Waals surface area contributed by atoms with Crippen molar-refractivity contribution in [1.82, 2.24) is 25.3 Å². The van der Waals surface area contributed by atoms with Crippen LogP contribution in [0.5, 0.6) is 0 Å². The van der Waals surface area contributed by atoms with E-state index in [0.29, 0.717) is 22.5 Å². The first-order valence-corrected chi connectivity index (χ1v) is 17.3. The van der Waals surface area contributed by atoms with Gasteiger partial charge in [0.05, 0.1) is 13.7 Å². The maximum absolute atomic E-state index is 11.7. The largest absolute Gasteiger partial charge is 0.468 e. The number of nitrogens with one attached hydrogen (secondary N) is 2. The van der Waals surface area contributed by atoms with E-state index in [1.165, 1.54) is 43.9 Å². The number of hydrogen-bond donors (Lipinski definition) is 2. The van der Waals surface area contributed by atoms with Gasteiger partial charge in [-0.1, -0.05) is 29.3 Å². The summed E-state index contributed by atoms with van der Waals surface area (Å²) in [5.41, 5.74) is 4.85. The fraction of sp³-hybridized carbons (Fsp3) is 0.600. The molecule has 3 heterocycles. The lowest BCUT2D eigenvalue weighted by molar-refractivity contribution is -0.142. The van der Waals surface area contributed by atoms with Crippen LogP contribution in [0, 0.1) is 17.8 Å². The van der Waals surface area contributed by atoms with Crippen molar-refractivity contribution in [3.8, 4) is 11.1 Å². The molecule has 3 fully saturated rings. The first-order chi connectivity index (χ1) is 21.8. The Bertz CT molecular complexity index is 1270. The summed E-state index contributed by atoms with van der Waals surface area (Å²) in [6, 6.07) is 12.7. The summed E-state index contributed by atoms with van der Waals surface area (Å²) in [5.74, 6) is 1.91. The van der Waals surface area contributed by atoms with E-state index in [1.54, 1.807) is 13.1 Å². The molecule has 3 saturated heterocycles. The van der Waals surface area contributed by atoms with Crippen LogP contribution in [0.1, 0.15) is 49.7 Å². The molecule has 246 valence electrons. The summed E-state index contributed by atoms with van der Waals surface area (Å²) in [7, 11) is 3.12. The normalized spacial score (nSPS) is 19.8. The minimum absolute atomic E-state index is 0.107. The van der Waals surface area contributed by atoms with Gasteiger partial charge in [0.15, 0.2) is 0 Å². The number of nitrogens with zero attached hydrogens (tertiary/aromatic N) is 3. The fourth-order valence-electron chi connectivity index (χ4n) is 7.43. The van der Waals surface area contributed by atoms with Gasteiger partial charge in [0.25, 0.3) is 0 Å². The quantitative estimate of drug-likeness (QED) is 0.310. The van der Waals surface area contributed by atoms with Gasteiger partial charge in [-0.15, -0.1) is 0 Å². The van der Waals surface area contributed by atoms with Crippen molar-refractivity contribution in [3.63, 3.8) is 0 Å². The average Bonchev–Trinajstić information content (AvgIpc) is 3.04. The number of halogens is 2. The van der Waals surface area contributed by atoms with Crippen molar-refractivity contribution in [2.24, 2.45) is 17.8 Å². The van der Waals surface area contributed by atoms with Gasteiger partial charge >= 0.3 is 12.0 Å². The predicted molar refractivity (Wildman–Crippen MR) is 182 cm³/mol. The Kier molecular flexibility index (Phi) is 12.4. The van der Waals surface area contributed by atoms with Crippen LogP contribution in [0.3, 0.4) is 0 Å². The zero-order chi connectivity index (χ0) is 31.8. The van der Waals surface area contributed by atoms with Gasteiger partial charge in [0.2, 0.25) is 0 Å². The molecule has 45 heavy (non-hydrogen) atoms. The van der Waals surface area contributed by atoms with Crippen molar-refractivity contribution in [2.45, 2.75) is 51.6 Å². The average molecular weight is 659 g/mol. The maximum atomic E-state index is 11.7. The summed E-state index contributed by atoms with van der Waals surface area (Å²) in [4.78, 5) is 30.6. The van der Waals surface area contributed by atoms with E-state index in [0.717, 1.165) is 94.7 Å². The Morgan fingerprint density at radius 2 is 1.22 bits per heavy atom. The molecule has 8 nitrogen and oxygen atoms in total. The zero-order valence-electron chi connectivity index (χ0n) is 26.8. The standard InChI is InChI=1S/C35H49Cl2N5O3/c1-38-35(44)39-21-25-3-9-40(10-4-25)22-26-15-27(17-30(16-26)31-18-32(36)20-33(37)19-31)23-41-11-5-28(6-12-41)29-7-13-42(14-8-29)24-34(43)45-2/h15-20,25,28-29H,3-14,21-24H2,1-2H3,(H2,38,39,44). The summed E-state index contributed by atoms with van der Waals surface area (Å²) in [6.45, 7) is 9.26. The highest BCUT2D eigenvalue weighted by molar-refractivity contribution is 6.35. The second kappa shape index (κ2) is 16.5. The Hall–Kier alpha value is -2.36. The molecule has 0 unspecified atom stereocenters. The lowest BCUT2D eigenvalue weighted by atomic mass is 9.78. The summed E-state index contributed by atoms with van der Waals surface area (Å²) >= 11 is 12.8. The molecule has 3 aliphatic heterocycles. The van der Waals surface area contributed by atoms with Crippen LogP contribution < -0.4 is 10.6 Å². The molecule has 0 spiro atoms. The predicted octanol–water partition coefficient (Wildman–Crippen LogP) is 5.90. The number of benzene rings is 2. The van der Waals surface area contributed by atoms with Crippen LogP contribution >= 0.6 is 23.2 Å². The van der Waals surface area contributed by atoms with Crippen molar-refractivity contribution in [2.75, 3.05) is 66.5 Å². The van der Waals surface area contributed by atoms with Gasteiger partial charge in [-0.05, 0) is 148 Å². The number of rotatable bonds is 10. The van der Waals surface area contributed by atoms with Crippen LogP contribution in [0.15, 0.2) is 36.4 Å². The number of esters is 1. The fourth-order valence-corrected chi connectivity index (χ4v) is 7.96. The van der Waals surface area contributed by atoms with Gasteiger partial charge in [-0.2, -0.15) is 0 Å². The third kappa shape index (κ3) is 10.1. The second-order valence-corrected chi connectivity index (χ2v) is 14.1. The molecule has 0 aromatic heterocycles. The highest BCUT2D eigenvalue weighted by atomic mass is 35.5. The van der Waals surface area contributed by atoms with E-state index in [1.807, 2.05) is 12.1 Å². The highest BCUT2D eigenvalue weighted by Gasteiger charge is 2.30. The molecule has 3 aliphatic rings. The highest BCUT2D eigenvalue weighted by Crippen LogP contribution is 2.34. The molecule has 2 aromatic carbocycles. The van der Waals surface area contributed by atoms with Gasteiger partial charge in [0.1, 0.15) is 0 Å². The molecule has 0 aliphatic carbocycles. The third-order valence-electron chi connectivity index (χ3n) is 10.1. The van der Waals surface area contributed by atoms with Crippen LogP contribution in [-0.4, -0.2) is 93.2 Å². The number of likely N-dealkylation sites (tertiary alicyclic amines) is 3. The van der Waals surface area contributed by atoms with E-state index in [2.05, 4.69) is 43.5 Å². The van der Waals surface area contributed by atoms with E-state index < -0.39 is 0 Å². The molecule has 0 atom stereocenters. The number of carbonyl (C=O) groups is 2. The van der Waals surface area contributed by atoms with Crippen LogP contribution in [-0.2, 0) is 22.6 Å². The van der Waals surface area contributed by atoms with Gasteiger partial charge in [-0.3, -0.25) is 19.5 Å². The Labute approximate surface area is 278 Å². The molecular weight excluding hydrogens is 609 g/mol. The molecule has 0 saturated carbocycles. The summed E-state index contributed by atoms with van der Waals surface area (Å²) < 4.78 is 4.85. The molecule has 5 rings (SSSR count). The van der Waals surface area contributed by atoms with E-state index in [4.69, 9.17) is 27.9 Å². The van der Waals surface area contributed by atoms with E-state index >= 15 is 0 Å². The monoisotopic (exact) mass is 657 g/mol. The minimum Gasteiger partial charge on any atom is -0.468 e. The maximum Gasteiger partial charge on any atom is 0.319 e. The van der Waals surface area contributed by atoms with Gasteiger partial charge < -0.3 is 15.4 Å².